The Hall–Kier alpha value is -3.59. The average molecular weight is 438 g/mol. The molecule has 3 aromatic rings. The van der Waals surface area contributed by atoms with Crippen molar-refractivity contribution in [2.75, 3.05) is 12.0 Å². The minimum atomic E-state index is 0.0720. The molecule has 33 heavy (non-hydrogen) atoms. The van der Waals surface area contributed by atoms with E-state index in [1.54, 1.807) is 14.0 Å². The minimum absolute atomic E-state index is 0.0720. The van der Waals surface area contributed by atoms with E-state index in [0.29, 0.717) is 0 Å². The Balaban J connectivity index is 1.99. The third-order valence-corrected chi connectivity index (χ3v) is 6.27. The Morgan fingerprint density at radius 3 is 2.27 bits per heavy atom. The normalized spacial score (nSPS) is 13.2. The van der Waals surface area contributed by atoms with Crippen molar-refractivity contribution >= 4 is 28.4 Å². The van der Waals surface area contributed by atoms with E-state index in [9.17, 15) is 4.79 Å². The van der Waals surface area contributed by atoms with E-state index < -0.39 is 0 Å². The summed E-state index contributed by atoms with van der Waals surface area (Å²) >= 11 is 0. The lowest BCUT2D eigenvalue weighted by Crippen LogP contribution is -2.25. The second kappa shape index (κ2) is 9.50. The minimum Gasteiger partial charge on any atom is -0.497 e. The molecule has 0 aliphatic carbocycles. The fourth-order valence-electron chi connectivity index (χ4n) is 4.47. The number of Topliss-reactive ketones (excluding diaryl/α,β-unsaturated/α-hetero) is 1. The number of hydrogen-bond donors (Lipinski definition) is 0. The van der Waals surface area contributed by atoms with E-state index in [0.717, 1.165) is 58.8 Å². The van der Waals surface area contributed by atoms with Crippen LogP contribution in [-0.4, -0.2) is 12.9 Å². The summed E-state index contributed by atoms with van der Waals surface area (Å²) in [6.07, 6.45) is 3.18. The Morgan fingerprint density at radius 1 is 0.970 bits per heavy atom. The van der Waals surface area contributed by atoms with Crippen molar-refractivity contribution in [3.05, 3.63) is 101 Å². The molecule has 0 spiro atoms. The summed E-state index contributed by atoms with van der Waals surface area (Å²) in [5, 5.41) is 0. The average Bonchev–Trinajstić information content (AvgIpc) is 2.83. The predicted molar refractivity (Wildman–Crippen MR) is 138 cm³/mol. The maximum atomic E-state index is 11.9. The van der Waals surface area contributed by atoms with Crippen LogP contribution in [0.5, 0.6) is 5.75 Å². The largest absolute Gasteiger partial charge is 0.497 e. The standard InChI is InChI=1S/C30H31NO2/c1-6-7-8-28-29-19-20(2)9-18-27(29)21(3)31(25-14-16-26(33-5)17-15-25)30(28)24-12-10-23(11-13-24)22(4)32/h9-19H,3,6-8H2,1-2,4-5H3. The molecule has 1 aliphatic heterocycles. The van der Waals surface area contributed by atoms with Crippen molar-refractivity contribution in [2.24, 2.45) is 0 Å². The Bertz CT molecular complexity index is 1220. The number of unbranched alkanes of at least 4 members (excludes halogenated alkanes) is 1. The van der Waals surface area contributed by atoms with Crippen molar-refractivity contribution in [1.82, 2.24) is 0 Å². The van der Waals surface area contributed by atoms with Crippen LogP contribution in [0.3, 0.4) is 0 Å². The molecular formula is C30H31NO2. The van der Waals surface area contributed by atoms with Gasteiger partial charge in [0.25, 0.3) is 0 Å². The second-order valence-corrected chi connectivity index (χ2v) is 8.59. The van der Waals surface area contributed by atoms with Crippen molar-refractivity contribution < 1.29 is 9.53 Å². The SMILES string of the molecule is C=C1c2ccc(C)cc2C(CCCC)=C(c2ccc(C(C)=O)cc2)N1c1ccc(OC)cc1. The van der Waals surface area contributed by atoms with Crippen LogP contribution in [0.15, 0.2) is 73.3 Å². The maximum absolute atomic E-state index is 11.9. The fourth-order valence-corrected chi connectivity index (χ4v) is 4.47. The number of anilines is 1. The molecule has 0 saturated carbocycles. The molecule has 3 nitrogen and oxygen atoms in total. The number of ketones is 1. The van der Waals surface area contributed by atoms with Crippen LogP contribution in [-0.2, 0) is 0 Å². The zero-order valence-electron chi connectivity index (χ0n) is 19.9. The molecule has 168 valence electrons. The van der Waals surface area contributed by atoms with Crippen molar-refractivity contribution in [2.45, 2.75) is 40.0 Å². The molecule has 4 rings (SSSR count). The summed E-state index contributed by atoms with van der Waals surface area (Å²) in [6, 6.07) is 22.7. The van der Waals surface area contributed by atoms with Gasteiger partial charge in [0, 0.05) is 22.5 Å². The predicted octanol–water partition coefficient (Wildman–Crippen LogP) is 7.76. The molecule has 3 aromatic carbocycles. The van der Waals surface area contributed by atoms with Gasteiger partial charge >= 0.3 is 0 Å². The maximum Gasteiger partial charge on any atom is 0.159 e. The van der Waals surface area contributed by atoms with Gasteiger partial charge in [-0.2, -0.15) is 0 Å². The highest BCUT2D eigenvalue weighted by atomic mass is 16.5. The van der Waals surface area contributed by atoms with Gasteiger partial charge in [-0.1, -0.05) is 68.0 Å². The molecule has 3 heteroatoms. The Morgan fingerprint density at radius 2 is 1.67 bits per heavy atom. The van der Waals surface area contributed by atoms with Crippen LogP contribution in [0.1, 0.15) is 65.7 Å². The van der Waals surface area contributed by atoms with Gasteiger partial charge in [-0.05, 0) is 67.7 Å². The van der Waals surface area contributed by atoms with Crippen molar-refractivity contribution in [3.8, 4) is 5.75 Å². The molecule has 1 heterocycles. The number of ether oxygens (including phenoxy) is 1. The number of benzene rings is 3. The fraction of sp³-hybridized carbons (Fsp3) is 0.233. The number of aryl methyl sites for hydroxylation is 1. The lowest BCUT2D eigenvalue weighted by molar-refractivity contribution is 0.101. The van der Waals surface area contributed by atoms with Gasteiger partial charge in [0.15, 0.2) is 5.78 Å². The van der Waals surface area contributed by atoms with Crippen LogP contribution < -0.4 is 9.64 Å². The second-order valence-electron chi connectivity index (χ2n) is 8.59. The zero-order chi connectivity index (χ0) is 23.5. The smallest absolute Gasteiger partial charge is 0.159 e. The van der Waals surface area contributed by atoms with Crippen LogP contribution in [0.4, 0.5) is 5.69 Å². The molecule has 0 saturated heterocycles. The van der Waals surface area contributed by atoms with E-state index in [4.69, 9.17) is 4.74 Å². The molecule has 0 radical (unpaired) electrons. The highest BCUT2D eigenvalue weighted by Gasteiger charge is 2.30. The molecule has 0 bridgehead atoms. The third kappa shape index (κ3) is 4.36. The molecule has 0 atom stereocenters. The number of hydrogen-bond acceptors (Lipinski definition) is 3. The highest BCUT2D eigenvalue weighted by molar-refractivity contribution is 6.10. The molecule has 0 fully saturated rings. The number of allylic oxidation sites excluding steroid dienone is 1. The summed E-state index contributed by atoms with van der Waals surface area (Å²) in [5.41, 5.74) is 9.87. The number of rotatable bonds is 7. The van der Waals surface area contributed by atoms with Gasteiger partial charge in [-0.3, -0.25) is 4.79 Å². The summed E-state index contributed by atoms with van der Waals surface area (Å²) in [5.74, 6) is 0.891. The zero-order valence-corrected chi connectivity index (χ0v) is 19.9. The summed E-state index contributed by atoms with van der Waals surface area (Å²) in [6.45, 7) is 10.5. The lowest BCUT2D eigenvalue weighted by Gasteiger charge is -2.37. The number of nitrogens with zero attached hydrogens (tertiary/aromatic N) is 1. The monoisotopic (exact) mass is 437 g/mol. The summed E-state index contributed by atoms with van der Waals surface area (Å²) < 4.78 is 5.39. The quantitative estimate of drug-likeness (QED) is 0.354. The third-order valence-electron chi connectivity index (χ3n) is 6.27. The number of carbonyl (C=O) groups excluding carboxylic acids is 1. The van der Waals surface area contributed by atoms with Gasteiger partial charge in [-0.25, -0.2) is 0 Å². The van der Waals surface area contributed by atoms with E-state index >= 15 is 0 Å². The van der Waals surface area contributed by atoms with Gasteiger partial charge < -0.3 is 9.64 Å². The molecule has 0 amide bonds. The lowest BCUT2D eigenvalue weighted by atomic mass is 9.85. The van der Waals surface area contributed by atoms with Crippen molar-refractivity contribution in [1.29, 1.82) is 0 Å². The first-order chi connectivity index (χ1) is 15.9. The van der Waals surface area contributed by atoms with E-state index in [2.05, 4.69) is 67.8 Å². The van der Waals surface area contributed by atoms with Crippen LogP contribution >= 0.6 is 0 Å². The Labute approximate surface area is 197 Å². The van der Waals surface area contributed by atoms with E-state index in [1.165, 1.54) is 16.7 Å². The van der Waals surface area contributed by atoms with Crippen LogP contribution in [0.25, 0.3) is 17.0 Å². The van der Waals surface area contributed by atoms with E-state index in [-0.39, 0.29) is 5.78 Å². The van der Waals surface area contributed by atoms with Gasteiger partial charge in [0.2, 0.25) is 0 Å². The van der Waals surface area contributed by atoms with Gasteiger partial charge in [0.05, 0.1) is 12.8 Å². The van der Waals surface area contributed by atoms with Crippen LogP contribution in [0, 0.1) is 6.92 Å². The first kappa shape index (κ1) is 22.6. The number of carbonyl (C=O) groups is 1. The number of fused-ring (bicyclic) bond motifs is 1. The highest BCUT2D eigenvalue weighted by Crippen LogP contribution is 2.46. The first-order valence-electron chi connectivity index (χ1n) is 11.5. The van der Waals surface area contributed by atoms with E-state index in [1.807, 2.05) is 24.3 Å². The topological polar surface area (TPSA) is 29.5 Å². The number of methoxy groups -OCH3 is 1. The van der Waals surface area contributed by atoms with Gasteiger partial charge in [-0.15, -0.1) is 0 Å². The van der Waals surface area contributed by atoms with Crippen LogP contribution in [0.2, 0.25) is 0 Å². The Kier molecular flexibility index (Phi) is 6.50. The molecule has 0 N–H and O–H groups in total. The molecular weight excluding hydrogens is 406 g/mol. The molecule has 0 aromatic heterocycles. The first-order valence-corrected chi connectivity index (χ1v) is 11.5. The molecule has 1 aliphatic rings. The summed E-state index contributed by atoms with van der Waals surface area (Å²) in [7, 11) is 1.68. The van der Waals surface area contributed by atoms with Crippen molar-refractivity contribution in [3.63, 3.8) is 0 Å². The summed E-state index contributed by atoms with van der Waals surface area (Å²) in [4.78, 5) is 14.1. The van der Waals surface area contributed by atoms with Gasteiger partial charge in [0.1, 0.15) is 5.75 Å². The molecule has 0 unspecified atom stereocenters.